The van der Waals surface area contributed by atoms with E-state index in [4.69, 9.17) is 11.6 Å². The molecule has 0 radical (unpaired) electrons. The summed E-state index contributed by atoms with van der Waals surface area (Å²) in [6.07, 6.45) is 3.66. The average Bonchev–Trinajstić information content (AvgIpc) is 2.76. The lowest BCUT2D eigenvalue weighted by atomic mass is 10.0. The highest BCUT2D eigenvalue weighted by molar-refractivity contribution is 6.30. The minimum absolute atomic E-state index is 0.481. The fraction of sp³-hybridized carbons (Fsp3) is 0.429. The Morgan fingerprint density at radius 2 is 2.15 bits per heavy atom. The third kappa shape index (κ3) is 2.78. The molecule has 1 N–H and O–H groups in total. The molecular formula is C14H18ClN3O2. The van der Waals surface area contributed by atoms with Crippen LogP contribution in [-0.2, 0) is 11.3 Å². The third-order valence-corrected chi connectivity index (χ3v) is 3.74. The van der Waals surface area contributed by atoms with Gasteiger partial charge in [-0.1, -0.05) is 18.5 Å². The predicted molar refractivity (Wildman–Crippen MR) is 78.0 cm³/mol. The van der Waals surface area contributed by atoms with Crippen molar-refractivity contribution in [3.05, 3.63) is 35.2 Å². The van der Waals surface area contributed by atoms with Gasteiger partial charge in [0.05, 0.1) is 10.7 Å². The molecule has 0 spiro atoms. The quantitative estimate of drug-likeness (QED) is 0.921. The summed E-state index contributed by atoms with van der Waals surface area (Å²) in [4.78, 5) is 17.7. The Hall–Kier alpha value is -1.59. The van der Waals surface area contributed by atoms with Crippen LogP contribution in [0.25, 0.3) is 5.65 Å². The molecular weight excluding hydrogens is 278 g/mol. The van der Waals surface area contributed by atoms with E-state index in [9.17, 15) is 9.90 Å². The molecule has 0 unspecified atom stereocenters. The molecule has 0 saturated heterocycles. The van der Waals surface area contributed by atoms with Gasteiger partial charge in [0, 0.05) is 18.9 Å². The molecule has 0 bridgehead atoms. The van der Waals surface area contributed by atoms with E-state index in [0.717, 1.165) is 11.3 Å². The van der Waals surface area contributed by atoms with Gasteiger partial charge in [0.2, 0.25) is 0 Å². The number of fused-ring (bicyclic) bond motifs is 1. The Labute approximate surface area is 122 Å². The summed E-state index contributed by atoms with van der Waals surface area (Å²) in [6, 6.07) is 3.62. The normalized spacial score (nSPS) is 12.2. The molecule has 0 fully saturated rings. The van der Waals surface area contributed by atoms with Gasteiger partial charge in [-0.25, -0.2) is 4.98 Å². The van der Waals surface area contributed by atoms with Crippen molar-refractivity contribution in [1.29, 1.82) is 0 Å². The summed E-state index contributed by atoms with van der Waals surface area (Å²) in [6.45, 7) is 6.46. The molecule has 0 atom stereocenters. The molecule has 0 amide bonds. The zero-order chi connectivity index (χ0) is 14.9. The van der Waals surface area contributed by atoms with Crippen molar-refractivity contribution < 1.29 is 9.90 Å². The molecule has 2 aromatic heterocycles. The van der Waals surface area contributed by atoms with E-state index in [1.165, 1.54) is 0 Å². The van der Waals surface area contributed by atoms with Gasteiger partial charge < -0.3 is 9.51 Å². The summed E-state index contributed by atoms with van der Waals surface area (Å²) in [5, 5.41) is 9.95. The number of carboxylic acid groups (broad SMARTS) is 1. The van der Waals surface area contributed by atoms with E-state index >= 15 is 0 Å². The first kappa shape index (κ1) is 14.8. The molecule has 5 nitrogen and oxygen atoms in total. The van der Waals surface area contributed by atoms with E-state index in [0.29, 0.717) is 18.1 Å². The van der Waals surface area contributed by atoms with Gasteiger partial charge in [-0.15, -0.1) is 0 Å². The van der Waals surface area contributed by atoms with Crippen molar-refractivity contribution in [2.45, 2.75) is 32.9 Å². The van der Waals surface area contributed by atoms with E-state index in [-0.39, 0.29) is 0 Å². The summed E-state index contributed by atoms with van der Waals surface area (Å²) in [7, 11) is 0. The van der Waals surface area contributed by atoms with Crippen LogP contribution in [0.5, 0.6) is 0 Å². The lowest BCUT2D eigenvalue weighted by Crippen LogP contribution is -2.49. The van der Waals surface area contributed by atoms with Crippen LogP contribution in [0.4, 0.5) is 0 Å². The highest BCUT2D eigenvalue weighted by Gasteiger charge is 2.33. The van der Waals surface area contributed by atoms with Crippen LogP contribution >= 0.6 is 11.6 Å². The second-order valence-corrected chi connectivity index (χ2v) is 5.66. The Bertz CT molecular complexity index is 636. The van der Waals surface area contributed by atoms with E-state index in [2.05, 4.69) is 4.98 Å². The number of aromatic nitrogens is 2. The van der Waals surface area contributed by atoms with Crippen LogP contribution in [0.1, 0.15) is 26.5 Å². The molecule has 108 valence electrons. The van der Waals surface area contributed by atoms with E-state index in [1.807, 2.05) is 28.5 Å². The number of carbonyl (C=O) groups is 1. The standard InChI is InChI=1S/C14H18ClN3O2/c1-4-18(14(2,3)13(19)20)9-11-8-17-7-10(15)5-6-12(17)16-11/h5-8H,4,9H2,1-3H3,(H,19,20). The van der Waals surface area contributed by atoms with E-state index in [1.54, 1.807) is 26.1 Å². The molecule has 0 aliphatic heterocycles. The van der Waals surface area contributed by atoms with Crippen molar-refractivity contribution in [3.63, 3.8) is 0 Å². The zero-order valence-electron chi connectivity index (χ0n) is 11.8. The molecule has 0 aliphatic carbocycles. The largest absolute Gasteiger partial charge is 0.480 e. The number of halogens is 1. The Balaban J connectivity index is 2.28. The lowest BCUT2D eigenvalue weighted by Gasteiger charge is -2.33. The van der Waals surface area contributed by atoms with Gasteiger partial charge in [-0.3, -0.25) is 9.69 Å². The van der Waals surface area contributed by atoms with Gasteiger partial charge in [-0.2, -0.15) is 0 Å². The minimum Gasteiger partial charge on any atom is -0.480 e. The fourth-order valence-corrected chi connectivity index (χ4v) is 2.30. The van der Waals surface area contributed by atoms with Crippen LogP contribution in [0.3, 0.4) is 0 Å². The summed E-state index contributed by atoms with van der Waals surface area (Å²) >= 11 is 5.94. The summed E-state index contributed by atoms with van der Waals surface area (Å²) in [5.41, 5.74) is 0.694. The van der Waals surface area contributed by atoms with E-state index < -0.39 is 11.5 Å². The molecule has 2 rings (SSSR count). The van der Waals surface area contributed by atoms with Gasteiger partial charge in [0.15, 0.2) is 0 Å². The molecule has 6 heteroatoms. The van der Waals surface area contributed by atoms with Crippen molar-refractivity contribution in [1.82, 2.24) is 14.3 Å². The lowest BCUT2D eigenvalue weighted by molar-refractivity contribution is -0.149. The molecule has 2 aromatic rings. The number of nitrogens with zero attached hydrogens (tertiary/aromatic N) is 3. The number of pyridine rings is 1. The molecule has 0 aromatic carbocycles. The average molecular weight is 296 g/mol. The SMILES string of the molecule is CCN(Cc1cn2cc(Cl)ccc2n1)C(C)(C)C(=O)O. The monoisotopic (exact) mass is 295 g/mol. The Morgan fingerprint density at radius 3 is 2.75 bits per heavy atom. The maximum Gasteiger partial charge on any atom is 0.323 e. The van der Waals surface area contributed by atoms with Crippen molar-refractivity contribution in [2.24, 2.45) is 0 Å². The first-order valence-electron chi connectivity index (χ1n) is 6.46. The summed E-state index contributed by atoms with van der Waals surface area (Å²) < 4.78 is 1.85. The number of likely N-dealkylation sites (N-methyl/N-ethyl adjacent to an activating group) is 1. The van der Waals surface area contributed by atoms with Crippen molar-refractivity contribution in [3.8, 4) is 0 Å². The van der Waals surface area contributed by atoms with Gasteiger partial charge in [0.25, 0.3) is 0 Å². The van der Waals surface area contributed by atoms with Crippen LogP contribution in [0.2, 0.25) is 5.02 Å². The predicted octanol–water partition coefficient (Wildman–Crippen LogP) is 2.67. The third-order valence-electron chi connectivity index (χ3n) is 3.51. The second kappa shape index (κ2) is 5.42. The number of hydrogen-bond acceptors (Lipinski definition) is 3. The van der Waals surface area contributed by atoms with Crippen LogP contribution in [0, 0.1) is 0 Å². The van der Waals surface area contributed by atoms with Crippen LogP contribution in [-0.4, -0.2) is 37.4 Å². The van der Waals surface area contributed by atoms with Gasteiger partial charge in [0.1, 0.15) is 11.2 Å². The molecule has 0 aliphatic rings. The molecule has 20 heavy (non-hydrogen) atoms. The first-order valence-corrected chi connectivity index (χ1v) is 6.84. The van der Waals surface area contributed by atoms with Crippen molar-refractivity contribution in [2.75, 3.05) is 6.54 Å². The number of imidazole rings is 1. The number of rotatable bonds is 5. The number of aliphatic carboxylic acids is 1. The second-order valence-electron chi connectivity index (χ2n) is 5.22. The smallest absolute Gasteiger partial charge is 0.323 e. The van der Waals surface area contributed by atoms with Crippen LogP contribution < -0.4 is 0 Å². The summed E-state index contributed by atoms with van der Waals surface area (Å²) in [5.74, 6) is -0.842. The molecule has 2 heterocycles. The number of hydrogen-bond donors (Lipinski definition) is 1. The Morgan fingerprint density at radius 1 is 1.45 bits per heavy atom. The van der Waals surface area contributed by atoms with Crippen molar-refractivity contribution >= 4 is 23.2 Å². The van der Waals surface area contributed by atoms with Gasteiger partial charge in [-0.05, 0) is 32.5 Å². The highest BCUT2D eigenvalue weighted by Crippen LogP contribution is 2.19. The Kier molecular flexibility index (Phi) is 4.01. The van der Waals surface area contributed by atoms with Gasteiger partial charge >= 0.3 is 5.97 Å². The topological polar surface area (TPSA) is 57.8 Å². The zero-order valence-corrected chi connectivity index (χ0v) is 12.6. The van der Waals surface area contributed by atoms with Crippen LogP contribution in [0.15, 0.2) is 24.5 Å². The molecule has 0 saturated carbocycles. The maximum absolute atomic E-state index is 11.3. The highest BCUT2D eigenvalue weighted by atomic mass is 35.5. The maximum atomic E-state index is 11.3. The minimum atomic E-state index is -0.928. The number of carboxylic acids is 1. The fourth-order valence-electron chi connectivity index (χ4n) is 2.13. The first-order chi connectivity index (χ1) is 9.34.